The summed E-state index contributed by atoms with van der Waals surface area (Å²) in [4.78, 5) is 13.5. The van der Waals surface area contributed by atoms with Gasteiger partial charge in [-0.15, -0.1) is 0 Å². The second-order valence-corrected chi connectivity index (χ2v) is 4.35. The molecular formula is C13H13N3O2. The highest BCUT2D eigenvalue weighted by atomic mass is 16.3. The van der Waals surface area contributed by atoms with Crippen molar-refractivity contribution in [3.05, 3.63) is 48.3 Å². The number of carbonyl (C=O) groups is 1. The van der Waals surface area contributed by atoms with Gasteiger partial charge in [-0.05, 0) is 18.2 Å². The minimum atomic E-state index is -0.384. The fourth-order valence-corrected chi connectivity index (χ4v) is 1.95. The molecule has 1 N–H and O–H groups in total. The van der Waals surface area contributed by atoms with Crippen LogP contribution < -0.4 is 0 Å². The van der Waals surface area contributed by atoms with Gasteiger partial charge in [0, 0.05) is 19.3 Å². The minimum Gasteiger partial charge on any atom is -0.389 e. The molecule has 18 heavy (non-hydrogen) atoms. The molecule has 1 aromatic heterocycles. The molecule has 0 atom stereocenters. The van der Waals surface area contributed by atoms with Crippen LogP contribution in [0.25, 0.3) is 5.69 Å². The van der Waals surface area contributed by atoms with Crippen LogP contribution in [0.3, 0.4) is 0 Å². The summed E-state index contributed by atoms with van der Waals surface area (Å²) in [7, 11) is 0. The first kappa shape index (κ1) is 11.0. The third-order valence-electron chi connectivity index (χ3n) is 2.98. The van der Waals surface area contributed by atoms with Crippen LogP contribution in [0.4, 0.5) is 0 Å². The molecule has 1 saturated heterocycles. The highest BCUT2D eigenvalue weighted by Gasteiger charge is 2.30. The van der Waals surface area contributed by atoms with Crippen LogP contribution in [0.1, 0.15) is 10.5 Å². The second-order valence-electron chi connectivity index (χ2n) is 4.35. The van der Waals surface area contributed by atoms with Gasteiger partial charge in [0.2, 0.25) is 0 Å². The van der Waals surface area contributed by atoms with Gasteiger partial charge in [-0.2, -0.15) is 5.10 Å². The maximum Gasteiger partial charge on any atom is 0.274 e. The molecule has 3 rings (SSSR count). The van der Waals surface area contributed by atoms with Crippen LogP contribution in [-0.2, 0) is 0 Å². The molecule has 1 aliphatic rings. The topological polar surface area (TPSA) is 58.4 Å². The van der Waals surface area contributed by atoms with Crippen molar-refractivity contribution in [1.82, 2.24) is 14.7 Å². The molecule has 1 aliphatic heterocycles. The van der Waals surface area contributed by atoms with Gasteiger partial charge in [0.25, 0.3) is 5.91 Å². The van der Waals surface area contributed by atoms with Gasteiger partial charge in [0.15, 0.2) is 5.69 Å². The lowest BCUT2D eigenvalue weighted by molar-refractivity contribution is 0.00547. The van der Waals surface area contributed by atoms with E-state index in [2.05, 4.69) is 5.10 Å². The molecule has 0 saturated carbocycles. The number of aliphatic hydroxyl groups excluding tert-OH is 1. The maximum atomic E-state index is 12.0. The van der Waals surface area contributed by atoms with Crippen LogP contribution in [0.2, 0.25) is 0 Å². The molecule has 1 fully saturated rings. The summed E-state index contributed by atoms with van der Waals surface area (Å²) in [6.45, 7) is 0.800. The molecule has 1 amide bonds. The number of nitrogens with zero attached hydrogens (tertiary/aromatic N) is 3. The van der Waals surface area contributed by atoms with Crippen molar-refractivity contribution < 1.29 is 9.90 Å². The van der Waals surface area contributed by atoms with Crippen LogP contribution in [-0.4, -0.2) is 44.9 Å². The van der Waals surface area contributed by atoms with E-state index in [1.165, 1.54) is 0 Å². The van der Waals surface area contributed by atoms with Gasteiger partial charge in [-0.1, -0.05) is 18.2 Å². The Bertz CT molecular complexity index is 559. The van der Waals surface area contributed by atoms with E-state index in [-0.39, 0.29) is 12.0 Å². The average molecular weight is 243 g/mol. The molecule has 92 valence electrons. The Morgan fingerprint density at radius 2 is 1.94 bits per heavy atom. The molecule has 2 heterocycles. The summed E-state index contributed by atoms with van der Waals surface area (Å²) in [6.07, 6.45) is 1.38. The van der Waals surface area contributed by atoms with Crippen molar-refractivity contribution in [2.24, 2.45) is 0 Å². The van der Waals surface area contributed by atoms with E-state index < -0.39 is 0 Å². The first-order valence-electron chi connectivity index (χ1n) is 5.82. The third kappa shape index (κ3) is 1.89. The summed E-state index contributed by atoms with van der Waals surface area (Å²) >= 11 is 0. The number of carbonyl (C=O) groups excluding carboxylic acids is 1. The fourth-order valence-electron chi connectivity index (χ4n) is 1.95. The van der Waals surface area contributed by atoms with Crippen LogP contribution in [0.15, 0.2) is 42.6 Å². The quantitative estimate of drug-likeness (QED) is 0.844. The minimum absolute atomic E-state index is 0.130. The average Bonchev–Trinajstić information content (AvgIpc) is 2.85. The van der Waals surface area contributed by atoms with E-state index in [1.54, 1.807) is 21.8 Å². The number of benzene rings is 1. The van der Waals surface area contributed by atoms with Crippen molar-refractivity contribution >= 4 is 5.91 Å². The van der Waals surface area contributed by atoms with Crippen molar-refractivity contribution in [1.29, 1.82) is 0 Å². The Morgan fingerprint density at radius 3 is 2.61 bits per heavy atom. The number of amides is 1. The van der Waals surface area contributed by atoms with Gasteiger partial charge >= 0.3 is 0 Å². The number of hydrogen-bond donors (Lipinski definition) is 1. The van der Waals surface area contributed by atoms with Gasteiger partial charge in [-0.3, -0.25) is 4.79 Å². The highest BCUT2D eigenvalue weighted by molar-refractivity contribution is 5.92. The highest BCUT2D eigenvalue weighted by Crippen LogP contribution is 2.13. The zero-order valence-electron chi connectivity index (χ0n) is 9.73. The first-order valence-corrected chi connectivity index (χ1v) is 5.82. The number of rotatable bonds is 2. The largest absolute Gasteiger partial charge is 0.389 e. The lowest BCUT2D eigenvalue weighted by Gasteiger charge is -2.35. The van der Waals surface area contributed by atoms with Crippen molar-refractivity contribution in [3.63, 3.8) is 0 Å². The SMILES string of the molecule is O=C(c1ccn(-c2ccccc2)n1)N1CC(O)C1. The van der Waals surface area contributed by atoms with E-state index >= 15 is 0 Å². The van der Waals surface area contributed by atoms with Crippen LogP contribution in [0, 0.1) is 0 Å². The summed E-state index contributed by atoms with van der Waals surface area (Å²) in [6, 6.07) is 11.3. The Hall–Kier alpha value is -2.14. The Kier molecular flexibility index (Phi) is 2.60. The molecule has 5 nitrogen and oxygen atoms in total. The maximum absolute atomic E-state index is 12.0. The summed E-state index contributed by atoms with van der Waals surface area (Å²) < 4.78 is 1.67. The normalized spacial score (nSPS) is 15.5. The van der Waals surface area contributed by atoms with Crippen molar-refractivity contribution in [2.75, 3.05) is 13.1 Å². The van der Waals surface area contributed by atoms with Crippen LogP contribution in [0.5, 0.6) is 0 Å². The third-order valence-corrected chi connectivity index (χ3v) is 2.98. The van der Waals surface area contributed by atoms with E-state index in [0.717, 1.165) is 5.69 Å². The standard InChI is InChI=1S/C13H13N3O2/c17-11-8-15(9-11)13(18)12-6-7-16(14-12)10-4-2-1-3-5-10/h1-7,11,17H,8-9H2. The molecular weight excluding hydrogens is 230 g/mol. The van der Waals surface area contributed by atoms with Crippen molar-refractivity contribution in [2.45, 2.75) is 6.10 Å². The second kappa shape index (κ2) is 4.27. The number of aromatic nitrogens is 2. The predicted octanol–water partition coefficient (Wildman–Crippen LogP) is 0.689. The molecule has 0 spiro atoms. The molecule has 1 aromatic carbocycles. The summed E-state index contributed by atoms with van der Waals surface area (Å²) in [5.74, 6) is -0.130. The monoisotopic (exact) mass is 243 g/mol. The first-order chi connectivity index (χ1) is 8.74. The lowest BCUT2D eigenvalue weighted by atomic mass is 10.1. The number of β-amino-alcohol motifs (C(OH)–C–C–N with tert-alkyl or cyclic N) is 1. The summed E-state index contributed by atoms with van der Waals surface area (Å²) in [5, 5.41) is 13.4. The number of hydrogen-bond acceptors (Lipinski definition) is 3. The van der Waals surface area contributed by atoms with Gasteiger partial charge in [0.1, 0.15) is 0 Å². The molecule has 0 aliphatic carbocycles. The Balaban J connectivity index is 1.80. The van der Waals surface area contributed by atoms with Crippen molar-refractivity contribution in [3.8, 4) is 5.69 Å². The fraction of sp³-hybridized carbons (Fsp3) is 0.231. The zero-order chi connectivity index (χ0) is 12.5. The molecule has 2 aromatic rings. The lowest BCUT2D eigenvalue weighted by Crippen LogP contribution is -2.53. The molecule has 0 bridgehead atoms. The van der Waals surface area contributed by atoms with E-state index in [0.29, 0.717) is 18.8 Å². The Labute approximate surface area is 104 Å². The smallest absolute Gasteiger partial charge is 0.274 e. The Morgan fingerprint density at radius 1 is 1.22 bits per heavy atom. The number of para-hydroxylation sites is 1. The summed E-state index contributed by atoms with van der Waals surface area (Å²) in [5.41, 5.74) is 1.32. The molecule has 0 radical (unpaired) electrons. The number of likely N-dealkylation sites (tertiary alicyclic amines) is 1. The van der Waals surface area contributed by atoms with Gasteiger partial charge < -0.3 is 10.0 Å². The van der Waals surface area contributed by atoms with E-state index in [9.17, 15) is 9.90 Å². The predicted molar refractivity (Wildman–Crippen MR) is 65.5 cm³/mol. The zero-order valence-corrected chi connectivity index (χ0v) is 9.73. The van der Waals surface area contributed by atoms with Gasteiger partial charge in [0.05, 0.1) is 11.8 Å². The molecule has 0 unspecified atom stereocenters. The number of aliphatic hydroxyl groups is 1. The van der Waals surface area contributed by atoms with Crippen LogP contribution >= 0.6 is 0 Å². The van der Waals surface area contributed by atoms with Gasteiger partial charge in [-0.25, -0.2) is 4.68 Å². The van der Waals surface area contributed by atoms with E-state index in [4.69, 9.17) is 0 Å². The molecule has 5 heteroatoms. The van der Waals surface area contributed by atoms with E-state index in [1.807, 2.05) is 30.3 Å².